The number of carboxylic acid groups (broad SMARTS) is 1. The maximum atomic E-state index is 12.2. The van der Waals surface area contributed by atoms with Crippen LogP contribution in [0.3, 0.4) is 0 Å². The van der Waals surface area contributed by atoms with Gasteiger partial charge in [0.05, 0.1) is 12.5 Å². The lowest BCUT2D eigenvalue weighted by Crippen LogP contribution is -2.55. The Morgan fingerprint density at radius 3 is 2.00 bits per heavy atom. The number of primary amides is 1. The molecule has 7 N–H and O–H groups in total. The van der Waals surface area contributed by atoms with E-state index in [-0.39, 0.29) is 18.1 Å². The molecule has 0 aliphatic carbocycles. The average Bonchev–Trinajstić information content (AvgIpc) is 2.43. The predicted octanol–water partition coefficient (Wildman–Crippen LogP) is -1.78. The van der Waals surface area contributed by atoms with E-state index in [1.807, 2.05) is 0 Å². The Morgan fingerprint density at radius 2 is 1.61 bits per heavy atom. The topological polar surface area (TPSA) is 165 Å². The zero-order valence-corrected chi connectivity index (χ0v) is 14.0. The summed E-state index contributed by atoms with van der Waals surface area (Å²) in [7, 11) is 0. The molecule has 0 aliphatic rings. The minimum Gasteiger partial charge on any atom is -0.480 e. The van der Waals surface area contributed by atoms with Gasteiger partial charge in [-0.25, -0.2) is 4.79 Å². The number of nitrogens with two attached hydrogens (primary N) is 2. The van der Waals surface area contributed by atoms with Gasteiger partial charge >= 0.3 is 5.97 Å². The number of carboxylic acids is 1. The zero-order valence-electron chi connectivity index (χ0n) is 13.1. The highest BCUT2D eigenvalue weighted by atomic mass is 32.1. The van der Waals surface area contributed by atoms with Crippen LogP contribution < -0.4 is 22.1 Å². The number of thiol groups is 1. The summed E-state index contributed by atoms with van der Waals surface area (Å²) >= 11 is 3.86. The van der Waals surface area contributed by atoms with Crippen molar-refractivity contribution < 1.29 is 24.3 Å². The molecule has 0 aromatic rings. The van der Waals surface area contributed by atoms with Crippen LogP contribution in [0.2, 0.25) is 0 Å². The van der Waals surface area contributed by atoms with Crippen molar-refractivity contribution in [3.8, 4) is 0 Å². The predicted molar refractivity (Wildman–Crippen MR) is 86.6 cm³/mol. The van der Waals surface area contributed by atoms with E-state index in [1.165, 1.54) is 0 Å². The normalized spacial score (nSPS) is 14.7. The fourth-order valence-corrected chi connectivity index (χ4v) is 1.90. The number of aliphatic carboxylic acids is 1. The smallest absolute Gasteiger partial charge is 0.326 e. The molecule has 0 fully saturated rings. The molecule has 3 unspecified atom stereocenters. The summed E-state index contributed by atoms with van der Waals surface area (Å²) in [6, 6.07) is -3.39. The summed E-state index contributed by atoms with van der Waals surface area (Å²) < 4.78 is 0. The van der Waals surface area contributed by atoms with Gasteiger partial charge in [-0.05, 0) is 12.3 Å². The third-order valence-electron chi connectivity index (χ3n) is 2.89. The van der Waals surface area contributed by atoms with Crippen molar-refractivity contribution in [2.24, 2.45) is 17.4 Å². The Hall–Kier alpha value is -1.81. The summed E-state index contributed by atoms with van der Waals surface area (Å²) in [6.45, 7) is 3.60. The van der Waals surface area contributed by atoms with Gasteiger partial charge in [0, 0.05) is 5.75 Å². The van der Waals surface area contributed by atoms with E-state index < -0.39 is 48.2 Å². The van der Waals surface area contributed by atoms with Crippen LogP contribution in [-0.2, 0) is 19.2 Å². The van der Waals surface area contributed by atoms with Crippen molar-refractivity contribution in [3.63, 3.8) is 0 Å². The largest absolute Gasteiger partial charge is 0.480 e. The molecule has 0 heterocycles. The number of amides is 3. The van der Waals surface area contributed by atoms with Gasteiger partial charge in [0.15, 0.2) is 0 Å². The Labute approximate surface area is 139 Å². The molecule has 0 aromatic carbocycles. The van der Waals surface area contributed by atoms with Crippen molar-refractivity contribution in [1.29, 1.82) is 0 Å². The number of hydrogen-bond donors (Lipinski definition) is 6. The summed E-state index contributed by atoms with van der Waals surface area (Å²) in [5.41, 5.74) is 10.5. The monoisotopic (exact) mass is 348 g/mol. The Bertz CT molecular complexity index is 458. The second kappa shape index (κ2) is 10.1. The molecule has 23 heavy (non-hydrogen) atoms. The highest BCUT2D eigenvalue weighted by Crippen LogP contribution is 2.06. The van der Waals surface area contributed by atoms with Crippen LogP contribution in [0.25, 0.3) is 0 Å². The van der Waals surface area contributed by atoms with Crippen LogP contribution in [0.1, 0.15) is 26.7 Å². The van der Waals surface area contributed by atoms with Crippen LogP contribution in [0.4, 0.5) is 0 Å². The second-order valence-electron chi connectivity index (χ2n) is 5.55. The fraction of sp³-hybridized carbons (Fsp3) is 0.692. The quantitative estimate of drug-likeness (QED) is 0.255. The molecular weight excluding hydrogens is 324 g/mol. The van der Waals surface area contributed by atoms with E-state index in [4.69, 9.17) is 16.6 Å². The third-order valence-corrected chi connectivity index (χ3v) is 3.29. The molecule has 132 valence electrons. The molecule has 0 aromatic heterocycles. The first-order valence-corrected chi connectivity index (χ1v) is 7.70. The molecule has 3 amide bonds. The van der Waals surface area contributed by atoms with Crippen molar-refractivity contribution >= 4 is 36.3 Å². The molecule has 0 bridgehead atoms. The molecule has 0 aliphatic heterocycles. The van der Waals surface area contributed by atoms with Crippen molar-refractivity contribution in [2.45, 2.75) is 44.8 Å². The molecule has 3 atom stereocenters. The van der Waals surface area contributed by atoms with Crippen LogP contribution in [0.15, 0.2) is 0 Å². The fourth-order valence-electron chi connectivity index (χ4n) is 1.74. The molecule has 0 saturated carbocycles. The lowest BCUT2D eigenvalue weighted by molar-refractivity contribution is -0.142. The summed E-state index contributed by atoms with van der Waals surface area (Å²) in [6.07, 6.45) is -0.265. The second-order valence-corrected chi connectivity index (χ2v) is 5.91. The molecular formula is C13H24N4O5S. The molecule has 0 rings (SSSR count). The number of nitrogens with one attached hydrogen (secondary N) is 2. The highest BCUT2D eigenvalue weighted by Gasteiger charge is 2.29. The molecule has 0 saturated heterocycles. The molecule has 0 spiro atoms. The van der Waals surface area contributed by atoms with E-state index in [1.54, 1.807) is 13.8 Å². The molecule has 10 heteroatoms. The molecule has 9 nitrogen and oxygen atoms in total. The first kappa shape index (κ1) is 21.2. The number of rotatable bonds is 10. The van der Waals surface area contributed by atoms with Gasteiger partial charge in [-0.15, -0.1) is 0 Å². The Morgan fingerprint density at radius 1 is 1.09 bits per heavy atom. The van der Waals surface area contributed by atoms with Gasteiger partial charge < -0.3 is 27.2 Å². The average molecular weight is 348 g/mol. The van der Waals surface area contributed by atoms with Crippen molar-refractivity contribution in [3.05, 3.63) is 0 Å². The minimum absolute atomic E-state index is 0.0261. The maximum absolute atomic E-state index is 12.2. The van der Waals surface area contributed by atoms with E-state index in [0.717, 1.165) is 0 Å². The highest BCUT2D eigenvalue weighted by molar-refractivity contribution is 7.80. The maximum Gasteiger partial charge on any atom is 0.326 e. The van der Waals surface area contributed by atoms with E-state index >= 15 is 0 Å². The third kappa shape index (κ3) is 8.41. The van der Waals surface area contributed by atoms with Gasteiger partial charge in [-0.2, -0.15) is 12.6 Å². The van der Waals surface area contributed by atoms with E-state index in [0.29, 0.717) is 0 Å². The van der Waals surface area contributed by atoms with Crippen LogP contribution >= 0.6 is 12.6 Å². The van der Waals surface area contributed by atoms with Crippen LogP contribution in [0, 0.1) is 5.92 Å². The van der Waals surface area contributed by atoms with E-state index in [9.17, 15) is 19.2 Å². The minimum atomic E-state index is -1.29. The van der Waals surface area contributed by atoms with E-state index in [2.05, 4.69) is 23.3 Å². The van der Waals surface area contributed by atoms with Gasteiger partial charge in [-0.3, -0.25) is 14.4 Å². The van der Waals surface area contributed by atoms with Gasteiger partial charge in [0.2, 0.25) is 17.7 Å². The van der Waals surface area contributed by atoms with Crippen molar-refractivity contribution in [2.75, 3.05) is 5.75 Å². The Balaban J connectivity index is 5.01. The SMILES string of the molecule is CC(C)CC(NC(=O)C(CC(N)=O)NC(=O)C(N)CS)C(=O)O. The lowest BCUT2D eigenvalue weighted by atomic mass is 10.0. The summed E-state index contributed by atoms with van der Waals surface area (Å²) in [5.74, 6) is -3.45. The van der Waals surface area contributed by atoms with Crippen molar-refractivity contribution in [1.82, 2.24) is 10.6 Å². The van der Waals surface area contributed by atoms with Crippen LogP contribution in [-0.4, -0.2) is 52.7 Å². The summed E-state index contributed by atoms with van der Waals surface area (Å²) in [5, 5.41) is 13.7. The van der Waals surface area contributed by atoms with Gasteiger partial charge in [0.1, 0.15) is 12.1 Å². The Kier molecular flexibility index (Phi) is 9.27. The number of carbonyl (C=O) groups is 4. The standard InChI is InChI=1S/C13H24N4O5S/c1-6(2)3-9(13(21)22)17-12(20)8(4-10(15)18)16-11(19)7(14)5-23/h6-9,23H,3-5,14H2,1-2H3,(H2,15,18)(H,16,19)(H,17,20)(H,21,22). The number of hydrogen-bond acceptors (Lipinski definition) is 6. The molecule has 0 radical (unpaired) electrons. The first-order chi connectivity index (χ1) is 10.6. The number of carbonyl (C=O) groups excluding carboxylic acids is 3. The summed E-state index contributed by atoms with van der Waals surface area (Å²) in [4.78, 5) is 46.1. The van der Waals surface area contributed by atoms with Gasteiger partial charge in [0.25, 0.3) is 0 Å². The lowest BCUT2D eigenvalue weighted by Gasteiger charge is -2.22. The van der Waals surface area contributed by atoms with Gasteiger partial charge in [-0.1, -0.05) is 13.8 Å². The zero-order chi connectivity index (χ0) is 18.2. The van der Waals surface area contributed by atoms with Crippen LogP contribution in [0.5, 0.6) is 0 Å². The first-order valence-electron chi connectivity index (χ1n) is 7.06.